The van der Waals surface area contributed by atoms with E-state index in [-0.39, 0.29) is 19.1 Å². The summed E-state index contributed by atoms with van der Waals surface area (Å²) in [7, 11) is 0. The summed E-state index contributed by atoms with van der Waals surface area (Å²) >= 11 is 0. The molecule has 2 aliphatic heterocycles. The summed E-state index contributed by atoms with van der Waals surface area (Å²) in [6.07, 6.45) is 0. The quantitative estimate of drug-likeness (QED) is 0.765. The maximum atomic E-state index is 12.8. The lowest BCUT2D eigenvalue weighted by Gasteiger charge is -2.32. The van der Waals surface area contributed by atoms with E-state index in [1.54, 1.807) is 0 Å². The van der Waals surface area contributed by atoms with E-state index in [2.05, 4.69) is 10.6 Å². The fourth-order valence-electron chi connectivity index (χ4n) is 3.71. The Bertz CT molecular complexity index is 1070. The van der Waals surface area contributed by atoms with Gasteiger partial charge in [0.15, 0.2) is 0 Å². The zero-order chi connectivity index (χ0) is 21.4. The number of benzene rings is 2. The monoisotopic (exact) mass is 405 g/mol. The van der Waals surface area contributed by atoms with Crippen molar-refractivity contribution in [3.63, 3.8) is 0 Å². The molecule has 1 atom stereocenters. The normalized spacial score (nSPS) is 18.1. The Labute approximate surface area is 174 Å². The van der Waals surface area contributed by atoms with Gasteiger partial charge < -0.3 is 15.4 Å². The number of cyclic esters (lactones) is 1. The van der Waals surface area contributed by atoms with Gasteiger partial charge in [0.05, 0.1) is 17.3 Å². The SMILES string of the molecule is Cc1ccc(C2NC(=O)N(CC(=O)Nc3cccc(C)c3C)C3=C2C(=O)OC3)cc1. The Balaban J connectivity index is 1.60. The van der Waals surface area contributed by atoms with Crippen LogP contribution in [0.25, 0.3) is 0 Å². The average Bonchev–Trinajstić information content (AvgIpc) is 3.10. The number of nitrogens with one attached hydrogen (secondary N) is 2. The summed E-state index contributed by atoms with van der Waals surface area (Å²) in [4.78, 5) is 39.2. The van der Waals surface area contributed by atoms with Crippen LogP contribution in [-0.4, -0.2) is 36.0 Å². The van der Waals surface area contributed by atoms with Crippen LogP contribution in [0.4, 0.5) is 10.5 Å². The number of nitrogens with zero attached hydrogens (tertiary/aromatic N) is 1. The first kappa shape index (κ1) is 19.7. The average molecular weight is 405 g/mol. The van der Waals surface area contributed by atoms with Crippen molar-refractivity contribution >= 4 is 23.6 Å². The Kier molecular flexibility index (Phi) is 5.03. The molecule has 0 spiro atoms. The zero-order valence-electron chi connectivity index (χ0n) is 17.1. The van der Waals surface area contributed by atoms with Crippen molar-refractivity contribution in [2.75, 3.05) is 18.5 Å². The molecule has 0 saturated carbocycles. The molecule has 0 fully saturated rings. The molecule has 154 valence electrons. The molecule has 2 aromatic carbocycles. The van der Waals surface area contributed by atoms with Crippen LogP contribution >= 0.6 is 0 Å². The number of aryl methyl sites for hydroxylation is 2. The smallest absolute Gasteiger partial charge is 0.338 e. The van der Waals surface area contributed by atoms with Crippen LogP contribution in [-0.2, 0) is 14.3 Å². The van der Waals surface area contributed by atoms with Crippen LogP contribution in [0, 0.1) is 20.8 Å². The Hall–Kier alpha value is -3.61. The number of amides is 3. The summed E-state index contributed by atoms with van der Waals surface area (Å²) < 4.78 is 5.21. The number of anilines is 1. The predicted octanol–water partition coefficient (Wildman–Crippen LogP) is 3.13. The molecule has 3 amide bonds. The van der Waals surface area contributed by atoms with Crippen molar-refractivity contribution in [2.24, 2.45) is 0 Å². The van der Waals surface area contributed by atoms with E-state index >= 15 is 0 Å². The molecule has 0 bridgehead atoms. The van der Waals surface area contributed by atoms with E-state index in [0.717, 1.165) is 22.3 Å². The summed E-state index contributed by atoms with van der Waals surface area (Å²) in [6, 6.07) is 12.2. The number of urea groups is 1. The zero-order valence-corrected chi connectivity index (χ0v) is 17.1. The first-order valence-corrected chi connectivity index (χ1v) is 9.76. The second-order valence-corrected chi connectivity index (χ2v) is 7.61. The standard InChI is InChI=1S/C23H23N3O4/c1-13-7-9-16(10-8-13)21-20-18(12-30-22(20)28)26(23(29)25-21)11-19(27)24-17-6-4-5-14(2)15(17)3/h4-10,21H,11-12H2,1-3H3,(H,24,27)(H,25,29). The predicted molar refractivity (Wildman–Crippen MR) is 112 cm³/mol. The van der Waals surface area contributed by atoms with E-state index in [4.69, 9.17) is 4.74 Å². The van der Waals surface area contributed by atoms with Gasteiger partial charge in [-0.05, 0) is 43.5 Å². The largest absolute Gasteiger partial charge is 0.456 e. The van der Waals surface area contributed by atoms with Gasteiger partial charge in [-0.1, -0.05) is 42.0 Å². The molecular weight excluding hydrogens is 382 g/mol. The molecule has 30 heavy (non-hydrogen) atoms. The van der Waals surface area contributed by atoms with E-state index in [0.29, 0.717) is 17.0 Å². The molecular formula is C23H23N3O4. The number of esters is 1. The number of carbonyl (C=O) groups excluding carboxylic acids is 3. The summed E-state index contributed by atoms with van der Waals surface area (Å²) in [5, 5.41) is 5.69. The first-order chi connectivity index (χ1) is 14.3. The summed E-state index contributed by atoms with van der Waals surface area (Å²) in [5.74, 6) is -0.825. The second-order valence-electron chi connectivity index (χ2n) is 7.61. The lowest BCUT2D eigenvalue weighted by atomic mass is 9.95. The third kappa shape index (κ3) is 3.54. The van der Waals surface area contributed by atoms with Crippen LogP contribution in [0.2, 0.25) is 0 Å². The Morgan fingerprint density at radius 2 is 1.87 bits per heavy atom. The molecule has 7 nitrogen and oxygen atoms in total. The van der Waals surface area contributed by atoms with E-state index in [1.807, 2.05) is 63.2 Å². The van der Waals surface area contributed by atoms with Crippen molar-refractivity contribution in [3.05, 3.63) is 76.0 Å². The van der Waals surface area contributed by atoms with Crippen molar-refractivity contribution in [1.29, 1.82) is 0 Å². The highest BCUT2D eigenvalue weighted by Gasteiger charge is 2.42. The molecule has 0 radical (unpaired) electrons. The first-order valence-electron chi connectivity index (χ1n) is 9.76. The molecule has 2 heterocycles. The minimum atomic E-state index is -0.596. The highest BCUT2D eigenvalue weighted by atomic mass is 16.5. The van der Waals surface area contributed by atoms with Gasteiger partial charge >= 0.3 is 12.0 Å². The van der Waals surface area contributed by atoms with Crippen molar-refractivity contribution in [1.82, 2.24) is 10.2 Å². The number of hydrogen-bond donors (Lipinski definition) is 2. The third-order valence-corrected chi connectivity index (χ3v) is 5.59. The van der Waals surface area contributed by atoms with Gasteiger partial charge in [-0.15, -0.1) is 0 Å². The molecule has 0 saturated heterocycles. The van der Waals surface area contributed by atoms with Crippen LogP contribution < -0.4 is 10.6 Å². The fraction of sp³-hybridized carbons (Fsp3) is 0.261. The number of hydrogen-bond acceptors (Lipinski definition) is 4. The van der Waals surface area contributed by atoms with Gasteiger partial charge in [-0.3, -0.25) is 9.69 Å². The van der Waals surface area contributed by atoms with Crippen molar-refractivity contribution < 1.29 is 19.1 Å². The third-order valence-electron chi connectivity index (χ3n) is 5.59. The molecule has 2 aliphatic rings. The highest BCUT2D eigenvalue weighted by molar-refractivity contribution is 6.00. The molecule has 7 heteroatoms. The minimum absolute atomic E-state index is 0.0271. The molecule has 1 unspecified atom stereocenters. The van der Waals surface area contributed by atoms with Crippen molar-refractivity contribution in [3.8, 4) is 0 Å². The molecule has 0 aromatic heterocycles. The maximum Gasteiger partial charge on any atom is 0.338 e. The maximum absolute atomic E-state index is 12.8. The van der Waals surface area contributed by atoms with Gasteiger partial charge in [0.1, 0.15) is 13.2 Å². The lowest BCUT2D eigenvalue weighted by molar-refractivity contribution is -0.136. The van der Waals surface area contributed by atoms with Crippen LogP contribution in [0.15, 0.2) is 53.7 Å². The van der Waals surface area contributed by atoms with Gasteiger partial charge in [-0.25, -0.2) is 9.59 Å². The van der Waals surface area contributed by atoms with Crippen LogP contribution in [0.5, 0.6) is 0 Å². The number of ether oxygens (including phenoxy) is 1. The second kappa shape index (κ2) is 7.67. The molecule has 2 aromatic rings. The molecule has 4 rings (SSSR count). The lowest BCUT2D eigenvalue weighted by Crippen LogP contribution is -2.49. The van der Waals surface area contributed by atoms with E-state index in [9.17, 15) is 14.4 Å². The topological polar surface area (TPSA) is 87.7 Å². The van der Waals surface area contributed by atoms with Gasteiger partial charge in [0, 0.05) is 5.69 Å². The van der Waals surface area contributed by atoms with Crippen molar-refractivity contribution in [2.45, 2.75) is 26.8 Å². The molecule has 2 N–H and O–H groups in total. The van der Waals surface area contributed by atoms with Crippen LogP contribution in [0.1, 0.15) is 28.3 Å². The summed E-state index contributed by atoms with van der Waals surface area (Å²) in [5.41, 5.74) is 5.40. The summed E-state index contributed by atoms with van der Waals surface area (Å²) in [6.45, 7) is 5.62. The Morgan fingerprint density at radius 3 is 2.60 bits per heavy atom. The van der Waals surface area contributed by atoms with E-state index in [1.165, 1.54) is 4.90 Å². The van der Waals surface area contributed by atoms with Gasteiger partial charge in [-0.2, -0.15) is 0 Å². The van der Waals surface area contributed by atoms with Gasteiger partial charge in [0.25, 0.3) is 0 Å². The number of rotatable bonds is 4. The molecule has 0 aliphatic carbocycles. The van der Waals surface area contributed by atoms with Crippen LogP contribution in [0.3, 0.4) is 0 Å². The fourth-order valence-corrected chi connectivity index (χ4v) is 3.71. The van der Waals surface area contributed by atoms with E-state index < -0.39 is 18.0 Å². The van der Waals surface area contributed by atoms with Gasteiger partial charge in [0.2, 0.25) is 5.91 Å². The Morgan fingerprint density at radius 1 is 1.13 bits per heavy atom. The number of carbonyl (C=O) groups is 3. The minimum Gasteiger partial charge on any atom is -0.456 e. The highest BCUT2D eigenvalue weighted by Crippen LogP contribution is 2.35.